The number of aromatic hydroxyl groups is 1. The third-order valence-corrected chi connectivity index (χ3v) is 5.88. The monoisotopic (exact) mass is 443 g/mol. The molecule has 0 bridgehead atoms. The third kappa shape index (κ3) is 5.74. The molecule has 2 aromatic carbocycles. The highest BCUT2D eigenvalue weighted by Crippen LogP contribution is 2.28. The Bertz CT molecular complexity index is 951. The fourth-order valence-electron chi connectivity index (χ4n) is 4.01. The molecule has 2 saturated heterocycles. The van der Waals surface area contributed by atoms with Crippen molar-refractivity contribution in [1.82, 2.24) is 15.8 Å². The number of phenolic OH excluding ortho intramolecular Hbond substituents is 1. The van der Waals surface area contributed by atoms with Gasteiger partial charge in [0.2, 0.25) is 5.91 Å². The van der Waals surface area contributed by atoms with Gasteiger partial charge in [0.1, 0.15) is 0 Å². The number of nitrogens with one attached hydrogen (secondary N) is 4. The van der Waals surface area contributed by atoms with Crippen LogP contribution in [0.25, 0.3) is 0 Å². The maximum absolute atomic E-state index is 13.6. The van der Waals surface area contributed by atoms with Gasteiger partial charge in [0.15, 0.2) is 11.6 Å². The number of nitrogens with zero attached hydrogens (tertiary/aromatic N) is 1. The molecule has 0 aliphatic carbocycles. The summed E-state index contributed by atoms with van der Waals surface area (Å²) >= 11 is 0. The topological polar surface area (TPSA) is 97.9 Å². The van der Waals surface area contributed by atoms with Crippen molar-refractivity contribution in [3.63, 3.8) is 0 Å². The number of amides is 1. The number of phenols is 1. The highest BCUT2D eigenvalue weighted by atomic mass is 19.1. The number of anilines is 2. The molecule has 8 nitrogen and oxygen atoms in total. The van der Waals surface area contributed by atoms with Crippen molar-refractivity contribution in [3.8, 4) is 5.75 Å². The van der Waals surface area contributed by atoms with Crippen molar-refractivity contribution >= 4 is 17.3 Å². The molecule has 9 heteroatoms. The quantitative estimate of drug-likeness (QED) is 0.449. The van der Waals surface area contributed by atoms with Gasteiger partial charge in [-0.3, -0.25) is 9.69 Å². The first-order chi connectivity index (χ1) is 15.5. The predicted octanol–water partition coefficient (Wildman–Crippen LogP) is 2.48. The maximum atomic E-state index is 13.6. The summed E-state index contributed by atoms with van der Waals surface area (Å²) in [6, 6.07) is 10.1. The van der Waals surface area contributed by atoms with Crippen LogP contribution in [0, 0.1) is 12.7 Å². The van der Waals surface area contributed by atoms with Gasteiger partial charge in [-0.1, -0.05) is 6.07 Å². The molecule has 0 spiro atoms. The van der Waals surface area contributed by atoms with Gasteiger partial charge in [-0.15, -0.1) is 0 Å². The minimum atomic E-state index is -0.626. The Balaban J connectivity index is 1.27. The number of aryl methyl sites for hydroxylation is 1. The summed E-state index contributed by atoms with van der Waals surface area (Å²) in [5.74, 6) is -0.973. The van der Waals surface area contributed by atoms with Crippen LogP contribution < -0.4 is 21.5 Å². The second-order valence-corrected chi connectivity index (χ2v) is 8.27. The standard InChI is InChI=1S/C23H30FN5O3/c1-15-12-17(25-23(31)6-7-29-8-10-32-11-9-29)3-4-19(15)26-22-14-20(27-28-22)16-2-5-21(30)18(24)13-16/h2-5,12-13,20,22,26-28,30H,6-11,14H2,1H3,(H,25,31). The van der Waals surface area contributed by atoms with Gasteiger partial charge in [0.05, 0.1) is 19.4 Å². The van der Waals surface area contributed by atoms with E-state index in [9.17, 15) is 14.3 Å². The van der Waals surface area contributed by atoms with Gasteiger partial charge in [-0.2, -0.15) is 0 Å². The first-order valence-electron chi connectivity index (χ1n) is 10.9. The molecule has 2 fully saturated rings. The van der Waals surface area contributed by atoms with Crippen molar-refractivity contribution in [2.45, 2.75) is 32.0 Å². The second kappa shape index (κ2) is 10.3. The van der Waals surface area contributed by atoms with Crippen molar-refractivity contribution in [1.29, 1.82) is 0 Å². The van der Waals surface area contributed by atoms with Gasteiger partial charge in [-0.05, 0) is 48.4 Å². The lowest BCUT2D eigenvalue weighted by Gasteiger charge is -2.26. The van der Waals surface area contributed by atoms with Gasteiger partial charge in [0, 0.05) is 49.9 Å². The number of carbonyl (C=O) groups is 1. The smallest absolute Gasteiger partial charge is 0.225 e. The van der Waals surface area contributed by atoms with Crippen molar-refractivity contribution in [2.75, 3.05) is 43.5 Å². The normalized spacial score (nSPS) is 21.4. The Hall–Kier alpha value is -2.72. The number of halogens is 1. The van der Waals surface area contributed by atoms with E-state index in [1.165, 1.54) is 12.1 Å². The summed E-state index contributed by atoms with van der Waals surface area (Å²) in [5.41, 5.74) is 9.84. The molecule has 1 amide bonds. The number of morpholine rings is 1. The van der Waals surface area contributed by atoms with Crippen molar-refractivity contribution in [3.05, 3.63) is 53.3 Å². The van der Waals surface area contributed by atoms with Crippen LogP contribution in [-0.2, 0) is 9.53 Å². The van der Waals surface area contributed by atoms with Crippen LogP contribution in [0.2, 0.25) is 0 Å². The Morgan fingerprint density at radius 3 is 2.78 bits per heavy atom. The van der Waals surface area contributed by atoms with Crippen LogP contribution in [0.4, 0.5) is 15.8 Å². The number of ether oxygens (including phenoxy) is 1. The number of rotatable bonds is 7. The van der Waals surface area contributed by atoms with Crippen molar-refractivity contribution < 1.29 is 19.0 Å². The molecular formula is C23H30FN5O3. The molecule has 2 aliphatic heterocycles. The van der Waals surface area contributed by atoms with E-state index in [0.29, 0.717) is 12.8 Å². The number of hydrogen-bond acceptors (Lipinski definition) is 7. The zero-order chi connectivity index (χ0) is 22.5. The minimum absolute atomic E-state index is 0.00207. The van der Waals surface area contributed by atoms with E-state index in [0.717, 1.165) is 55.3 Å². The molecule has 2 atom stereocenters. The highest BCUT2D eigenvalue weighted by molar-refractivity contribution is 5.91. The van der Waals surface area contributed by atoms with E-state index in [1.807, 2.05) is 25.1 Å². The lowest BCUT2D eigenvalue weighted by molar-refractivity contribution is -0.116. The van der Waals surface area contributed by atoms with Crippen LogP contribution in [0.15, 0.2) is 36.4 Å². The molecule has 0 saturated carbocycles. The lowest BCUT2D eigenvalue weighted by atomic mass is 10.0. The van der Waals surface area contributed by atoms with E-state index in [-0.39, 0.29) is 23.9 Å². The van der Waals surface area contributed by atoms with Gasteiger partial charge in [-0.25, -0.2) is 15.2 Å². The predicted molar refractivity (Wildman–Crippen MR) is 121 cm³/mol. The number of benzene rings is 2. The summed E-state index contributed by atoms with van der Waals surface area (Å²) in [6.45, 7) is 5.93. The molecule has 0 radical (unpaired) electrons. The zero-order valence-corrected chi connectivity index (χ0v) is 18.2. The van der Waals surface area contributed by atoms with E-state index < -0.39 is 5.82 Å². The first-order valence-corrected chi connectivity index (χ1v) is 10.9. The van der Waals surface area contributed by atoms with Gasteiger partial charge >= 0.3 is 0 Å². The molecule has 2 aliphatic rings. The second-order valence-electron chi connectivity index (χ2n) is 8.27. The molecule has 32 heavy (non-hydrogen) atoms. The minimum Gasteiger partial charge on any atom is -0.505 e. The van der Waals surface area contributed by atoms with E-state index in [1.54, 1.807) is 6.07 Å². The molecule has 172 valence electrons. The molecular weight excluding hydrogens is 413 g/mol. The third-order valence-electron chi connectivity index (χ3n) is 5.88. The summed E-state index contributed by atoms with van der Waals surface area (Å²) in [7, 11) is 0. The Morgan fingerprint density at radius 2 is 2.03 bits per heavy atom. The fourth-order valence-corrected chi connectivity index (χ4v) is 4.01. The van der Waals surface area contributed by atoms with Gasteiger partial charge < -0.3 is 20.5 Å². The summed E-state index contributed by atoms with van der Waals surface area (Å²) in [6.07, 6.45) is 1.10. The number of carbonyl (C=O) groups excluding carboxylic acids is 1. The van der Waals surface area contributed by atoms with E-state index >= 15 is 0 Å². The first kappa shape index (κ1) is 22.5. The van der Waals surface area contributed by atoms with Crippen LogP contribution in [0.5, 0.6) is 5.75 Å². The molecule has 2 unspecified atom stereocenters. The summed E-state index contributed by atoms with van der Waals surface area (Å²) in [4.78, 5) is 14.5. The highest BCUT2D eigenvalue weighted by Gasteiger charge is 2.26. The van der Waals surface area contributed by atoms with Gasteiger partial charge in [0.25, 0.3) is 0 Å². The van der Waals surface area contributed by atoms with Crippen LogP contribution in [-0.4, -0.2) is 54.9 Å². The fraction of sp³-hybridized carbons (Fsp3) is 0.435. The largest absolute Gasteiger partial charge is 0.505 e. The number of hydrogen-bond donors (Lipinski definition) is 5. The molecule has 0 aromatic heterocycles. The zero-order valence-electron chi connectivity index (χ0n) is 18.2. The summed E-state index contributed by atoms with van der Waals surface area (Å²) < 4.78 is 19.0. The average Bonchev–Trinajstić information content (AvgIpc) is 3.25. The Kier molecular flexibility index (Phi) is 7.21. The summed E-state index contributed by atoms with van der Waals surface area (Å²) in [5, 5.41) is 15.8. The van der Waals surface area contributed by atoms with E-state index in [2.05, 4.69) is 26.4 Å². The number of hydrazine groups is 1. The lowest BCUT2D eigenvalue weighted by Crippen LogP contribution is -2.38. The molecule has 2 heterocycles. The molecule has 2 aromatic rings. The van der Waals surface area contributed by atoms with Crippen LogP contribution in [0.1, 0.15) is 30.0 Å². The van der Waals surface area contributed by atoms with Crippen molar-refractivity contribution in [2.24, 2.45) is 0 Å². The SMILES string of the molecule is Cc1cc(NC(=O)CCN2CCOCC2)ccc1NC1CC(c2ccc(O)c(F)c2)NN1. The molecule has 4 rings (SSSR count). The Labute approximate surface area is 187 Å². The van der Waals surface area contributed by atoms with E-state index in [4.69, 9.17) is 4.74 Å². The Morgan fingerprint density at radius 1 is 1.22 bits per heavy atom. The van der Waals surface area contributed by atoms with Crippen LogP contribution in [0.3, 0.4) is 0 Å². The maximum Gasteiger partial charge on any atom is 0.225 e. The average molecular weight is 444 g/mol. The molecule has 5 N–H and O–H groups in total. The van der Waals surface area contributed by atoms with Crippen LogP contribution >= 0.6 is 0 Å².